The highest BCUT2D eigenvalue weighted by atomic mass is 16.3. The van der Waals surface area contributed by atoms with E-state index in [-0.39, 0.29) is 0 Å². The first-order chi connectivity index (χ1) is 9.81. The van der Waals surface area contributed by atoms with Crippen LogP contribution >= 0.6 is 0 Å². The summed E-state index contributed by atoms with van der Waals surface area (Å²) in [5, 5.41) is 4.28. The first kappa shape index (κ1) is 13.4. The van der Waals surface area contributed by atoms with E-state index in [0.717, 1.165) is 37.6 Å². The fourth-order valence-electron chi connectivity index (χ4n) is 3.00. The van der Waals surface area contributed by atoms with E-state index in [4.69, 9.17) is 4.42 Å². The van der Waals surface area contributed by atoms with E-state index >= 15 is 0 Å². The van der Waals surface area contributed by atoms with Crippen LogP contribution in [-0.2, 0) is 13.1 Å². The van der Waals surface area contributed by atoms with Crippen LogP contribution in [0.1, 0.15) is 37.3 Å². The fourth-order valence-corrected chi connectivity index (χ4v) is 3.00. The first-order valence-electron chi connectivity index (χ1n) is 7.44. The number of aromatic nitrogens is 3. The van der Waals surface area contributed by atoms with E-state index < -0.39 is 0 Å². The fraction of sp³-hybridized carbons (Fsp3) is 0.600. The SMILES string of the molecule is Cc1nc(CN2CCCCC2CCn2cccn2)co1. The van der Waals surface area contributed by atoms with Crippen LogP contribution in [0.5, 0.6) is 0 Å². The van der Waals surface area contributed by atoms with Crippen molar-refractivity contribution in [3.63, 3.8) is 0 Å². The zero-order valence-electron chi connectivity index (χ0n) is 12.0. The van der Waals surface area contributed by atoms with E-state index in [2.05, 4.69) is 15.0 Å². The molecule has 0 aromatic carbocycles. The summed E-state index contributed by atoms with van der Waals surface area (Å²) in [7, 11) is 0. The number of rotatable bonds is 5. The van der Waals surface area contributed by atoms with Gasteiger partial charge in [0.1, 0.15) is 6.26 Å². The average molecular weight is 274 g/mol. The minimum Gasteiger partial charge on any atom is -0.449 e. The maximum atomic E-state index is 5.31. The predicted molar refractivity (Wildman–Crippen MR) is 76.1 cm³/mol. The zero-order valence-corrected chi connectivity index (χ0v) is 12.0. The molecular weight excluding hydrogens is 252 g/mol. The summed E-state index contributed by atoms with van der Waals surface area (Å²) in [5.74, 6) is 0.755. The number of hydrogen-bond acceptors (Lipinski definition) is 4. The van der Waals surface area contributed by atoms with Crippen LogP contribution in [0.2, 0.25) is 0 Å². The summed E-state index contributed by atoms with van der Waals surface area (Å²) >= 11 is 0. The van der Waals surface area contributed by atoms with Crippen molar-refractivity contribution in [2.24, 2.45) is 0 Å². The van der Waals surface area contributed by atoms with E-state index in [1.165, 1.54) is 19.3 Å². The number of nitrogens with zero attached hydrogens (tertiary/aromatic N) is 4. The molecule has 1 saturated heterocycles. The lowest BCUT2D eigenvalue weighted by Gasteiger charge is -2.35. The van der Waals surface area contributed by atoms with Gasteiger partial charge in [0.15, 0.2) is 5.89 Å². The number of likely N-dealkylation sites (tertiary alicyclic amines) is 1. The van der Waals surface area contributed by atoms with Gasteiger partial charge in [-0.1, -0.05) is 6.42 Å². The van der Waals surface area contributed by atoms with E-state index in [1.807, 2.05) is 30.1 Å². The molecule has 1 fully saturated rings. The van der Waals surface area contributed by atoms with Gasteiger partial charge >= 0.3 is 0 Å². The largest absolute Gasteiger partial charge is 0.449 e. The Morgan fingerprint density at radius 2 is 2.35 bits per heavy atom. The van der Waals surface area contributed by atoms with Crippen LogP contribution in [0.15, 0.2) is 29.1 Å². The van der Waals surface area contributed by atoms with Gasteiger partial charge in [0, 0.05) is 38.4 Å². The normalized spacial score (nSPS) is 20.4. The molecule has 0 N–H and O–H groups in total. The van der Waals surface area contributed by atoms with Gasteiger partial charge in [0.25, 0.3) is 0 Å². The number of aryl methyl sites for hydroxylation is 2. The van der Waals surface area contributed by atoms with Crippen LogP contribution < -0.4 is 0 Å². The van der Waals surface area contributed by atoms with Crippen molar-refractivity contribution in [2.45, 2.75) is 51.7 Å². The monoisotopic (exact) mass is 274 g/mol. The average Bonchev–Trinajstić information content (AvgIpc) is 3.10. The Hall–Kier alpha value is -1.62. The predicted octanol–water partition coefficient (Wildman–Crippen LogP) is 2.62. The van der Waals surface area contributed by atoms with Gasteiger partial charge in [-0.2, -0.15) is 5.10 Å². The molecule has 2 aromatic heterocycles. The van der Waals surface area contributed by atoms with Crippen LogP contribution in [0.4, 0.5) is 0 Å². The van der Waals surface area contributed by atoms with Crippen LogP contribution in [-0.4, -0.2) is 32.3 Å². The molecule has 1 atom stereocenters. The smallest absolute Gasteiger partial charge is 0.191 e. The van der Waals surface area contributed by atoms with Crippen molar-refractivity contribution >= 4 is 0 Å². The second-order valence-electron chi connectivity index (χ2n) is 5.54. The summed E-state index contributed by atoms with van der Waals surface area (Å²) in [5.41, 5.74) is 1.05. The minimum atomic E-state index is 0.630. The highest BCUT2D eigenvalue weighted by molar-refractivity contribution is 4.96. The molecule has 3 heterocycles. The van der Waals surface area contributed by atoms with Crippen molar-refractivity contribution in [2.75, 3.05) is 6.54 Å². The molecule has 20 heavy (non-hydrogen) atoms. The molecule has 0 amide bonds. The van der Waals surface area contributed by atoms with Gasteiger partial charge in [-0.15, -0.1) is 0 Å². The highest BCUT2D eigenvalue weighted by Crippen LogP contribution is 2.22. The zero-order chi connectivity index (χ0) is 13.8. The molecule has 108 valence electrons. The molecule has 1 aliphatic rings. The minimum absolute atomic E-state index is 0.630. The summed E-state index contributed by atoms with van der Waals surface area (Å²) in [6.45, 7) is 4.96. The summed E-state index contributed by atoms with van der Waals surface area (Å²) in [6, 6.07) is 2.61. The number of piperidine rings is 1. The van der Waals surface area contributed by atoms with Crippen molar-refractivity contribution in [1.29, 1.82) is 0 Å². The molecule has 0 bridgehead atoms. The lowest BCUT2D eigenvalue weighted by Crippen LogP contribution is -2.39. The van der Waals surface area contributed by atoms with Gasteiger partial charge < -0.3 is 4.42 Å². The summed E-state index contributed by atoms with van der Waals surface area (Å²) in [4.78, 5) is 6.97. The van der Waals surface area contributed by atoms with Crippen LogP contribution in [0.25, 0.3) is 0 Å². The maximum Gasteiger partial charge on any atom is 0.191 e. The van der Waals surface area contributed by atoms with Gasteiger partial charge in [0.2, 0.25) is 0 Å². The summed E-state index contributed by atoms with van der Waals surface area (Å²) in [6.07, 6.45) is 10.7. The molecule has 0 aliphatic carbocycles. The Kier molecular flexibility index (Phi) is 4.16. The Morgan fingerprint density at radius 1 is 1.40 bits per heavy atom. The van der Waals surface area contributed by atoms with Crippen LogP contribution in [0.3, 0.4) is 0 Å². The van der Waals surface area contributed by atoms with E-state index in [9.17, 15) is 0 Å². The molecule has 3 rings (SSSR count). The quantitative estimate of drug-likeness (QED) is 0.841. The molecule has 1 unspecified atom stereocenters. The van der Waals surface area contributed by atoms with E-state index in [1.54, 1.807) is 6.26 Å². The molecule has 0 spiro atoms. The molecule has 0 saturated carbocycles. The lowest BCUT2D eigenvalue weighted by molar-refractivity contribution is 0.125. The Morgan fingerprint density at radius 3 is 3.10 bits per heavy atom. The third kappa shape index (κ3) is 3.28. The Balaban J connectivity index is 1.58. The molecular formula is C15H22N4O. The molecule has 1 aliphatic heterocycles. The van der Waals surface area contributed by atoms with Gasteiger partial charge in [-0.05, 0) is 31.9 Å². The molecule has 5 heteroatoms. The van der Waals surface area contributed by atoms with Crippen LogP contribution in [0, 0.1) is 6.92 Å². The van der Waals surface area contributed by atoms with Crippen molar-refractivity contribution in [3.05, 3.63) is 36.3 Å². The van der Waals surface area contributed by atoms with Gasteiger partial charge in [-0.25, -0.2) is 4.98 Å². The second-order valence-corrected chi connectivity index (χ2v) is 5.54. The molecule has 0 radical (unpaired) electrons. The second kappa shape index (κ2) is 6.22. The van der Waals surface area contributed by atoms with Gasteiger partial charge in [0.05, 0.1) is 5.69 Å². The lowest BCUT2D eigenvalue weighted by atomic mass is 9.99. The Bertz CT molecular complexity index is 520. The summed E-state index contributed by atoms with van der Waals surface area (Å²) < 4.78 is 7.33. The Labute approximate surface area is 119 Å². The number of hydrogen-bond donors (Lipinski definition) is 0. The third-order valence-electron chi connectivity index (χ3n) is 4.03. The molecule has 2 aromatic rings. The maximum absolute atomic E-state index is 5.31. The highest BCUT2D eigenvalue weighted by Gasteiger charge is 2.23. The standard InChI is InChI=1S/C15H22N4O/c1-13-17-14(12-20-13)11-18-8-3-2-5-15(18)6-10-19-9-4-7-16-19/h4,7,9,12,15H,2-3,5-6,8,10-11H2,1H3. The molecule has 5 nitrogen and oxygen atoms in total. The van der Waals surface area contributed by atoms with Crippen molar-refractivity contribution < 1.29 is 4.42 Å². The van der Waals surface area contributed by atoms with Crippen molar-refractivity contribution in [3.8, 4) is 0 Å². The van der Waals surface area contributed by atoms with Crippen molar-refractivity contribution in [1.82, 2.24) is 19.7 Å². The van der Waals surface area contributed by atoms with E-state index in [0.29, 0.717) is 6.04 Å². The first-order valence-corrected chi connectivity index (χ1v) is 7.44. The number of oxazole rings is 1. The topological polar surface area (TPSA) is 47.1 Å². The van der Waals surface area contributed by atoms with Gasteiger partial charge in [-0.3, -0.25) is 9.58 Å². The third-order valence-corrected chi connectivity index (χ3v) is 4.03.